The Balaban J connectivity index is 0.912. The van der Waals surface area contributed by atoms with Crippen LogP contribution in [0.1, 0.15) is 146 Å². The number of carbonyl (C=O) groups excluding carboxylic acids is 6. The number of nitrogens with zero attached hydrogens (tertiary/aromatic N) is 4. The van der Waals surface area contributed by atoms with Gasteiger partial charge in [0.1, 0.15) is 73.2 Å². The number of fused-ring (bicyclic) bond motifs is 1. The zero-order chi connectivity index (χ0) is 103. The van der Waals surface area contributed by atoms with Crippen molar-refractivity contribution in [1.82, 2.24) is 4.90 Å². The zero-order valence-corrected chi connectivity index (χ0v) is 83.6. The second kappa shape index (κ2) is 53.1. The Kier molecular flexibility index (Phi) is 38.6. The van der Waals surface area contributed by atoms with Crippen LogP contribution in [0, 0.1) is 10.8 Å². The molecule has 2 amide bonds. The van der Waals surface area contributed by atoms with Crippen LogP contribution < -0.4 is 0 Å². The minimum atomic E-state index is -2.18. The average Bonchev–Trinajstić information content (AvgIpc) is 1.48. The van der Waals surface area contributed by atoms with Gasteiger partial charge in [-0.25, -0.2) is 9.59 Å². The highest BCUT2D eigenvalue weighted by atomic mass is 16.8. The van der Waals surface area contributed by atoms with E-state index in [0.29, 0.717) is 35.1 Å². The number of ether oxygens (including phenoxy) is 20. The Hall–Kier alpha value is -13.2. The Morgan fingerprint density at radius 3 is 1.05 bits per heavy atom. The molecular formula is C118H126N4O26. The van der Waals surface area contributed by atoms with Crippen molar-refractivity contribution in [2.24, 2.45) is 15.9 Å². The van der Waals surface area contributed by atoms with Crippen molar-refractivity contribution in [2.75, 3.05) is 33.0 Å². The third-order valence-electron chi connectivity index (χ3n) is 25.7. The predicted molar refractivity (Wildman–Crippen MR) is 543 cm³/mol. The quantitative estimate of drug-likeness (QED) is 0.00499. The van der Waals surface area contributed by atoms with Crippen molar-refractivity contribution in [3.8, 4) is 0 Å². The maximum absolute atomic E-state index is 16.7. The molecule has 0 aliphatic carbocycles. The van der Waals surface area contributed by atoms with Crippen LogP contribution in [0.3, 0.4) is 0 Å². The van der Waals surface area contributed by atoms with Gasteiger partial charge in [0.2, 0.25) is 0 Å². The van der Waals surface area contributed by atoms with Crippen LogP contribution in [0.15, 0.2) is 339 Å². The number of unbranched alkanes of at least 4 members (excludes halogenated alkanes) is 1. The summed E-state index contributed by atoms with van der Waals surface area (Å²) in [6, 6.07) is 93.1. The first kappa shape index (κ1) is 108. The fourth-order valence-corrected chi connectivity index (χ4v) is 18.0. The lowest BCUT2D eigenvalue weighted by molar-refractivity contribution is -0.390. The van der Waals surface area contributed by atoms with Crippen LogP contribution >= 0.6 is 0 Å². The fraction of sp³-hybridized carbons (Fsp3) is 0.373. The summed E-state index contributed by atoms with van der Waals surface area (Å²) in [5.74, 6) is -5.38. The van der Waals surface area contributed by atoms with Crippen molar-refractivity contribution in [2.45, 2.75) is 237 Å². The van der Waals surface area contributed by atoms with Crippen molar-refractivity contribution in [3.63, 3.8) is 0 Å². The fourth-order valence-electron chi connectivity index (χ4n) is 18.0. The third kappa shape index (κ3) is 28.9. The van der Waals surface area contributed by atoms with Crippen LogP contribution in [-0.4, -0.2) is 196 Å². The molecule has 5 aliphatic rings. The molecule has 0 saturated carbocycles. The second-order valence-corrected chi connectivity index (χ2v) is 38.7. The van der Waals surface area contributed by atoms with Gasteiger partial charge in [0.05, 0.1) is 126 Å². The van der Waals surface area contributed by atoms with Gasteiger partial charge in [-0.1, -0.05) is 302 Å². The van der Waals surface area contributed by atoms with E-state index in [1.807, 2.05) is 243 Å². The highest BCUT2D eigenvalue weighted by molar-refractivity contribution is 6.21. The summed E-state index contributed by atoms with van der Waals surface area (Å²) in [6.45, 7) is 11.8. The van der Waals surface area contributed by atoms with E-state index in [9.17, 15) is 5.53 Å². The van der Waals surface area contributed by atoms with E-state index in [4.69, 9.17) is 94.7 Å². The number of imide groups is 1. The van der Waals surface area contributed by atoms with E-state index in [1.165, 1.54) is 30.3 Å². The van der Waals surface area contributed by atoms with E-state index in [1.54, 1.807) is 96.1 Å². The number of benzene rings is 11. The number of rotatable bonds is 48. The number of esters is 4. The second-order valence-electron chi connectivity index (χ2n) is 38.7. The monoisotopic (exact) mass is 2010 g/mol. The lowest BCUT2D eigenvalue weighted by Crippen LogP contribution is -2.71. The molecule has 5 heterocycles. The normalized spacial score (nSPS) is 24.4. The zero-order valence-electron chi connectivity index (χ0n) is 83.6. The van der Waals surface area contributed by atoms with Gasteiger partial charge in [0.25, 0.3) is 11.8 Å². The minimum absolute atomic E-state index is 0.0143. The topological polar surface area (TPSA) is 339 Å². The maximum atomic E-state index is 16.7. The number of amides is 2. The molecule has 0 radical (unpaired) electrons. The van der Waals surface area contributed by atoms with Crippen LogP contribution in [0.25, 0.3) is 10.4 Å². The average molecular weight is 2020 g/mol. The molecule has 0 N–H and O–H groups in total. The Bertz CT molecular complexity index is 6060. The molecule has 11 aromatic rings. The number of carbonyl (C=O) groups is 6. The lowest BCUT2D eigenvalue weighted by Gasteiger charge is -2.53. The molecule has 0 unspecified atom stereocenters. The van der Waals surface area contributed by atoms with Crippen molar-refractivity contribution in [3.05, 3.63) is 417 Å². The van der Waals surface area contributed by atoms with Gasteiger partial charge in [-0.3, -0.25) is 24.1 Å². The molecule has 30 heteroatoms. The first-order valence-corrected chi connectivity index (χ1v) is 50.0. The van der Waals surface area contributed by atoms with Crippen molar-refractivity contribution < 1.29 is 124 Å². The number of allylic oxidation sites excluding steroid dienone is 1. The molecule has 0 spiro atoms. The third-order valence-corrected chi connectivity index (χ3v) is 25.7. The Labute approximate surface area is 861 Å². The van der Waals surface area contributed by atoms with Crippen LogP contribution in [0.5, 0.6) is 0 Å². The summed E-state index contributed by atoms with van der Waals surface area (Å²) >= 11 is 0. The molecule has 5 aliphatic heterocycles. The maximum Gasteiger partial charge on any atom is 0.338 e. The summed E-state index contributed by atoms with van der Waals surface area (Å²) in [5, 5.41) is 3.87. The van der Waals surface area contributed by atoms with Gasteiger partial charge in [-0.05, 0) is 140 Å². The van der Waals surface area contributed by atoms with E-state index in [0.717, 1.165) is 27.2 Å². The molecule has 774 valence electrons. The summed E-state index contributed by atoms with van der Waals surface area (Å²) in [5.41, 5.74) is 13.1. The Morgan fingerprint density at radius 2 is 0.655 bits per heavy atom. The molecule has 30 nitrogen and oxygen atoms in total. The highest BCUT2D eigenvalue weighted by Crippen LogP contribution is 2.45. The van der Waals surface area contributed by atoms with Gasteiger partial charge >= 0.3 is 23.9 Å². The lowest BCUT2D eigenvalue weighted by atomic mass is 9.92. The SMILES string of the molecule is C=CCCCO[C@@H]1O[C@H](COCc2ccccc2)[C@@H](O[C@@H]2O[C@H](COCc3ccccc3)[C@H](OCc3ccccc3)[C@H](O[C@@H]3O[C@H](COCc4ccccc4)[C@@H](O[C@@H]4O[C@H](COCc5ccccc5)[C@H](OCc5ccccc5)[C@H](OCc5ccccc5)[C@H]4OC(=O)c4ccccc4CN=[N+]=[N-])[C@H](OC(=O)c4ccccc4)[C@H]3N3C(=O)c4ccccc4C3=O)[C@H]2OC(=O)C(C)(C)C)[C@H](OCc2ccccc2)[C@H]1OC(=O)C(C)(C)C. The summed E-state index contributed by atoms with van der Waals surface area (Å²) in [7, 11) is 0. The van der Waals surface area contributed by atoms with Crippen molar-refractivity contribution >= 4 is 35.7 Å². The molecule has 11 aromatic carbocycles. The summed E-state index contributed by atoms with van der Waals surface area (Å²) < 4.78 is 145. The molecule has 4 fully saturated rings. The van der Waals surface area contributed by atoms with Gasteiger partial charge in [-0.2, -0.15) is 0 Å². The number of azide groups is 1. The molecule has 0 bridgehead atoms. The van der Waals surface area contributed by atoms with Gasteiger partial charge in [0.15, 0.2) is 49.6 Å². The largest absolute Gasteiger partial charge is 0.454 e. The predicted octanol–water partition coefficient (Wildman–Crippen LogP) is 19.1. The number of hydrogen-bond acceptors (Lipinski definition) is 27. The van der Waals surface area contributed by atoms with E-state index in [2.05, 4.69) is 16.6 Å². The molecule has 20 atom stereocenters. The summed E-state index contributed by atoms with van der Waals surface area (Å²) in [4.78, 5) is 101. The van der Waals surface area contributed by atoms with Gasteiger partial charge in [-0.15, -0.1) is 6.58 Å². The van der Waals surface area contributed by atoms with E-state index < -0.39 is 176 Å². The summed E-state index contributed by atoms with van der Waals surface area (Å²) in [6.07, 6.45) is -28.7. The van der Waals surface area contributed by atoms with Gasteiger partial charge in [0, 0.05) is 4.91 Å². The van der Waals surface area contributed by atoms with Crippen molar-refractivity contribution in [1.29, 1.82) is 0 Å². The van der Waals surface area contributed by atoms with Crippen LogP contribution in [0.2, 0.25) is 0 Å². The van der Waals surface area contributed by atoms with Crippen LogP contribution in [0.4, 0.5) is 0 Å². The van der Waals surface area contributed by atoms with E-state index in [-0.39, 0.29) is 114 Å². The Morgan fingerprint density at radius 1 is 0.345 bits per heavy atom. The highest BCUT2D eigenvalue weighted by Gasteiger charge is 2.64. The smallest absolute Gasteiger partial charge is 0.338 e. The molecule has 4 saturated heterocycles. The minimum Gasteiger partial charge on any atom is -0.454 e. The van der Waals surface area contributed by atoms with Crippen LogP contribution in [-0.2, 0) is 164 Å². The molecule has 0 aromatic heterocycles. The van der Waals surface area contributed by atoms with Gasteiger partial charge < -0.3 is 94.7 Å². The molecule has 148 heavy (non-hydrogen) atoms. The first-order chi connectivity index (χ1) is 72.1. The number of hydrogen-bond donors (Lipinski definition) is 0. The first-order valence-electron chi connectivity index (χ1n) is 50.0. The molecular weight excluding hydrogens is 1890 g/mol. The molecule has 16 rings (SSSR count). The standard InChI is InChI=1S/C118H126N4O26/c1-8-9-41-64-133-112-104(147-115(127)117(2,3)4)102(137-73-85-56-33-17-34-57-85)99(94(139-112)77-132-69-81-48-25-13-26-49-81)145-114-106(148-116(128)118(5,6)7)103(97(135-71-83-52-29-15-30-53-83)92(141-114)75-130-67-79-44-21-11-22-45-79)146-111-95(122-107(123)89-62-39-40-63-90(89)108(122)124)100(142-109(125)86-58-35-18-36-59-86)98(93(138-111)76-131-68-80-46-23-12-24-47-80)144-113-105(143-110(126)88-61-38-37-60-87(88)65-120-121-119)101(136-72-84-54-31-16-32-55-84)96(134-70-82-50-27-14-28-51-82)91(140-113)74-129-66-78-42-19-10-20-43-78/h8,10-40,42-63,91-106,111-114H,1,9,41,64-77H2,2-7H3/t91-,92-,93-,94-,95-,96+,97+,98-,99-,100-,101+,102+,103+,104-,105-,106-,111+,112-,113+,114+/m1/s1. The van der Waals surface area contributed by atoms with E-state index >= 15 is 28.8 Å².